The number of rotatable bonds is 5. The van der Waals surface area contributed by atoms with Gasteiger partial charge < -0.3 is 20.7 Å². The molecule has 0 unspecified atom stereocenters. The SMILES string of the molecule is Cc1nc(C(N)=O)nc(N2CC[C@@H](NCc3ccc4c(c3)CCOC4)C2)c1C. The molecule has 2 aliphatic heterocycles. The summed E-state index contributed by atoms with van der Waals surface area (Å²) in [5.74, 6) is 0.322. The van der Waals surface area contributed by atoms with Crippen LogP contribution in [0.4, 0.5) is 5.82 Å². The van der Waals surface area contributed by atoms with E-state index in [1.807, 2.05) is 13.8 Å². The van der Waals surface area contributed by atoms with Crippen LogP contribution in [0.5, 0.6) is 0 Å². The van der Waals surface area contributed by atoms with Crippen LogP contribution in [0.2, 0.25) is 0 Å². The second-order valence-electron chi connectivity index (χ2n) is 7.66. The molecule has 148 valence electrons. The molecule has 1 fully saturated rings. The molecule has 3 heterocycles. The molecule has 3 N–H and O–H groups in total. The van der Waals surface area contributed by atoms with Gasteiger partial charge in [-0.05, 0) is 43.4 Å². The lowest BCUT2D eigenvalue weighted by Crippen LogP contribution is -2.33. The molecule has 2 aliphatic rings. The van der Waals surface area contributed by atoms with Gasteiger partial charge in [-0.1, -0.05) is 18.2 Å². The molecule has 1 aromatic carbocycles. The van der Waals surface area contributed by atoms with E-state index in [0.29, 0.717) is 6.04 Å². The van der Waals surface area contributed by atoms with E-state index in [9.17, 15) is 4.79 Å². The molecule has 1 atom stereocenters. The van der Waals surface area contributed by atoms with Crippen LogP contribution >= 0.6 is 0 Å². The van der Waals surface area contributed by atoms with Gasteiger partial charge in [0, 0.05) is 36.9 Å². The molecule has 1 saturated heterocycles. The van der Waals surface area contributed by atoms with Crippen molar-refractivity contribution in [2.45, 2.75) is 45.9 Å². The summed E-state index contributed by atoms with van der Waals surface area (Å²) in [7, 11) is 0. The third-order valence-electron chi connectivity index (χ3n) is 5.71. The summed E-state index contributed by atoms with van der Waals surface area (Å²) in [5.41, 5.74) is 11.2. The molecule has 0 bridgehead atoms. The first-order chi connectivity index (χ1) is 13.5. The Morgan fingerprint density at radius 1 is 1.32 bits per heavy atom. The summed E-state index contributed by atoms with van der Waals surface area (Å²) < 4.78 is 5.51. The van der Waals surface area contributed by atoms with Crippen LogP contribution in [0.25, 0.3) is 0 Å². The highest BCUT2D eigenvalue weighted by atomic mass is 16.5. The highest BCUT2D eigenvalue weighted by Crippen LogP contribution is 2.24. The van der Waals surface area contributed by atoms with E-state index in [-0.39, 0.29) is 5.82 Å². The molecule has 2 aromatic rings. The third-order valence-corrected chi connectivity index (χ3v) is 5.71. The number of hydrogen-bond acceptors (Lipinski definition) is 6. The number of amides is 1. The van der Waals surface area contributed by atoms with Crippen molar-refractivity contribution in [3.63, 3.8) is 0 Å². The standard InChI is InChI=1S/C21H27N5O2/c1-13-14(2)24-20(19(22)27)25-21(13)26-7-5-18(11-26)23-10-15-3-4-17-12-28-8-6-16(17)9-15/h3-4,9,18,23H,5-8,10-12H2,1-2H3,(H2,22,27)/t18-/m1/s1. The highest BCUT2D eigenvalue weighted by molar-refractivity contribution is 5.89. The Labute approximate surface area is 165 Å². The summed E-state index contributed by atoms with van der Waals surface area (Å²) in [6.45, 7) is 8.02. The fraction of sp³-hybridized carbons (Fsp3) is 0.476. The number of aromatic nitrogens is 2. The second kappa shape index (κ2) is 7.85. The second-order valence-corrected chi connectivity index (χ2v) is 7.66. The molecule has 0 radical (unpaired) electrons. The molecule has 7 heteroatoms. The van der Waals surface area contributed by atoms with Crippen LogP contribution < -0.4 is 16.0 Å². The molecular weight excluding hydrogens is 354 g/mol. The smallest absolute Gasteiger partial charge is 0.286 e. The molecule has 0 spiro atoms. The van der Waals surface area contributed by atoms with Crippen LogP contribution in [-0.2, 0) is 24.3 Å². The van der Waals surface area contributed by atoms with Crippen molar-refractivity contribution < 1.29 is 9.53 Å². The number of carbonyl (C=O) groups excluding carboxylic acids is 1. The Kier molecular flexibility index (Phi) is 5.28. The van der Waals surface area contributed by atoms with E-state index in [2.05, 4.69) is 38.4 Å². The van der Waals surface area contributed by atoms with Gasteiger partial charge in [0.2, 0.25) is 5.82 Å². The van der Waals surface area contributed by atoms with E-state index in [1.54, 1.807) is 0 Å². The minimum atomic E-state index is -0.587. The van der Waals surface area contributed by atoms with E-state index >= 15 is 0 Å². The van der Waals surface area contributed by atoms with Crippen molar-refractivity contribution in [3.05, 3.63) is 52.0 Å². The van der Waals surface area contributed by atoms with Crippen molar-refractivity contribution in [1.29, 1.82) is 0 Å². The molecule has 28 heavy (non-hydrogen) atoms. The van der Waals surface area contributed by atoms with Gasteiger partial charge in [-0.15, -0.1) is 0 Å². The highest BCUT2D eigenvalue weighted by Gasteiger charge is 2.26. The Morgan fingerprint density at radius 3 is 3.00 bits per heavy atom. The number of anilines is 1. The van der Waals surface area contributed by atoms with E-state index in [1.165, 1.54) is 16.7 Å². The zero-order valence-corrected chi connectivity index (χ0v) is 16.5. The van der Waals surface area contributed by atoms with Crippen LogP contribution in [-0.4, -0.2) is 41.6 Å². The van der Waals surface area contributed by atoms with Gasteiger partial charge in [-0.2, -0.15) is 0 Å². The molecule has 0 aliphatic carbocycles. The van der Waals surface area contributed by atoms with Gasteiger partial charge in [0.25, 0.3) is 5.91 Å². The van der Waals surface area contributed by atoms with Gasteiger partial charge in [0.05, 0.1) is 13.2 Å². The van der Waals surface area contributed by atoms with Crippen LogP contribution in [0.15, 0.2) is 18.2 Å². The maximum atomic E-state index is 11.5. The average molecular weight is 381 g/mol. The Balaban J connectivity index is 1.40. The lowest BCUT2D eigenvalue weighted by Gasteiger charge is -2.21. The lowest BCUT2D eigenvalue weighted by molar-refractivity contribution is 0.0990. The molecule has 7 nitrogen and oxygen atoms in total. The largest absolute Gasteiger partial charge is 0.376 e. The lowest BCUT2D eigenvalue weighted by atomic mass is 10.0. The number of fused-ring (bicyclic) bond motifs is 1. The van der Waals surface area contributed by atoms with Gasteiger partial charge in [0.1, 0.15) is 5.82 Å². The zero-order chi connectivity index (χ0) is 19.7. The first kappa shape index (κ1) is 18.8. The number of benzene rings is 1. The van der Waals surface area contributed by atoms with E-state index in [4.69, 9.17) is 10.5 Å². The van der Waals surface area contributed by atoms with E-state index < -0.39 is 5.91 Å². The normalized spacial score (nSPS) is 18.9. The van der Waals surface area contributed by atoms with Crippen molar-refractivity contribution in [2.24, 2.45) is 5.73 Å². The van der Waals surface area contributed by atoms with Gasteiger partial charge in [-0.3, -0.25) is 4.79 Å². The predicted molar refractivity (Wildman–Crippen MR) is 107 cm³/mol. The fourth-order valence-corrected chi connectivity index (χ4v) is 3.94. The Hall–Kier alpha value is -2.51. The summed E-state index contributed by atoms with van der Waals surface area (Å²) >= 11 is 0. The molecule has 1 aromatic heterocycles. The van der Waals surface area contributed by atoms with Gasteiger partial charge >= 0.3 is 0 Å². The van der Waals surface area contributed by atoms with Crippen LogP contribution in [0, 0.1) is 13.8 Å². The predicted octanol–water partition coefficient (Wildman–Crippen LogP) is 1.63. The Morgan fingerprint density at radius 2 is 2.18 bits per heavy atom. The summed E-state index contributed by atoms with van der Waals surface area (Å²) in [6, 6.07) is 7.05. The number of carbonyl (C=O) groups is 1. The van der Waals surface area contributed by atoms with Gasteiger partial charge in [-0.25, -0.2) is 9.97 Å². The minimum absolute atomic E-state index is 0.0903. The number of nitrogens with one attached hydrogen (secondary N) is 1. The fourth-order valence-electron chi connectivity index (χ4n) is 3.94. The average Bonchev–Trinajstić information content (AvgIpc) is 3.17. The van der Waals surface area contributed by atoms with E-state index in [0.717, 1.165) is 62.8 Å². The van der Waals surface area contributed by atoms with Crippen LogP contribution in [0.3, 0.4) is 0 Å². The first-order valence-electron chi connectivity index (χ1n) is 9.83. The number of hydrogen-bond donors (Lipinski definition) is 2. The van der Waals surface area contributed by atoms with Crippen LogP contribution in [0.1, 0.15) is 45.0 Å². The maximum absolute atomic E-state index is 11.5. The van der Waals surface area contributed by atoms with Crippen molar-refractivity contribution in [1.82, 2.24) is 15.3 Å². The van der Waals surface area contributed by atoms with Crippen molar-refractivity contribution in [3.8, 4) is 0 Å². The zero-order valence-electron chi connectivity index (χ0n) is 16.5. The van der Waals surface area contributed by atoms with Crippen molar-refractivity contribution in [2.75, 3.05) is 24.6 Å². The summed E-state index contributed by atoms with van der Waals surface area (Å²) in [6.07, 6.45) is 2.03. The van der Waals surface area contributed by atoms with Crippen molar-refractivity contribution >= 4 is 11.7 Å². The number of nitrogens with zero attached hydrogens (tertiary/aromatic N) is 3. The quantitative estimate of drug-likeness (QED) is 0.818. The summed E-state index contributed by atoms with van der Waals surface area (Å²) in [4.78, 5) is 22.4. The Bertz CT molecular complexity index is 899. The minimum Gasteiger partial charge on any atom is -0.376 e. The number of nitrogens with two attached hydrogens (primary N) is 1. The third kappa shape index (κ3) is 3.86. The molecular formula is C21H27N5O2. The molecule has 4 rings (SSSR count). The molecule has 1 amide bonds. The van der Waals surface area contributed by atoms with Gasteiger partial charge in [0.15, 0.2) is 0 Å². The maximum Gasteiger partial charge on any atom is 0.286 e. The summed E-state index contributed by atoms with van der Waals surface area (Å²) in [5, 5.41) is 3.67. The number of aryl methyl sites for hydroxylation is 1. The number of ether oxygens (including phenoxy) is 1. The monoisotopic (exact) mass is 381 g/mol. The molecule has 0 saturated carbocycles. The topological polar surface area (TPSA) is 93.4 Å². The first-order valence-corrected chi connectivity index (χ1v) is 9.83. The number of primary amides is 1.